The van der Waals surface area contributed by atoms with Crippen molar-refractivity contribution < 1.29 is 4.79 Å². The minimum Gasteiger partial charge on any atom is -0.354 e. The first-order chi connectivity index (χ1) is 13.4. The molecule has 1 N–H and O–H groups in total. The van der Waals surface area contributed by atoms with Crippen LogP contribution in [0, 0.1) is 0 Å². The molecule has 1 aliphatic rings. The maximum absolute atomic E-state index is 12.0. The monoisotopic (exact) mass is 419 g/mol. The van der Waals surface area contributed by atoms with E-state index in [1.807, 2.05) is 44.2 Å². The van der Waals surface area contributed by atoms with Gasteiger partial charge in [0.2, 0.25) is 0 Å². The molecule has 1 aliphatic heterocycles. The third-order valence-electron chi connectivity index (χ3n) is 4.49. The number of thioether (sulfide) groups is 1. The summed E-state index contributed by atoms with van der Waals surface area (Å²) in [6.45, 7) is 7.80. The SMILES string of the molecule is CC(C)NC(=O)c1ccc(CSc2nc(Cl)cc(N3CCN(C)CC3)n2)cc1. The molecule has 0 aliphatic carbocycles. The van der Waals surface area contributed by atoms with Crippen LogP contribution in [0.2, 0.25) is 5.15 Å². The van der Waals surface area contributed by atoms with Crippen molar-refractivity contribution in [2.75, 3.05) is 38.1 Å². The van der Waals surface area contributed by atoms with Crippen molar-refractivity contribution in [1.29, 1.82) is 0 Å². The van der Waals surface area contributed by atoms with E-state index >= 15 is 0 Å². The van der Waals surface area contributed by atoms with E-state index in [2.05, 4.69) is 32.1 Å². The molecule has 1 aromatic carbocycles. The molecule has 1 aromatic heterocycles. The summed E-state index contributed by atoms with van der Waals surface area (Å²) in [5.41, 5.74) is 1.77. The highest BCUT2D eigenvalue weighted by Gasteiger charge is 2.17. The van der Waals surface area contributed by atoms with Gasteiger partial charge in [-0.1, -0.05) is 35.5 Å². The third kappa shape index (κ3) is 5.83. The summed E-state index contributed by atoms with van der Waals surface area (Å²) in [7, 11) is 2.13. The highest BCUT2D eigenvalue weighted by atomic mass is 35.5. The summed E-state index contributed by atoms with van der Waals surface area (Å²) >= 11 is 7.78. The van der Waals surface area contributed by atoms with Crippen LogP contribution in [0.5, 0.6) is 0 Å². The zero-order valence-corrected chi connectivity index (χ0v) is 18.1. The normalized spacial score (nSPS) is 15.1. The van der Waals surface area contributed by atoms with Crippen LogP contribution in [0.15, 0.2) is 35.5 Å². The molecule has 0 bridgehead atoms. The van der Waals surface area contributed by atoms with Crippen LogP contribution in [0.1, 0.15) is 29.8 Å². The average Bonchev–Trinajstić information content (AvgIpc) is 2.66. The zero-order valence-electron chi connectivity index (χ0n) is 16.5. The van der Waals surface area contributed by atoms with E-state index in [0.717, 1.165) is 37.6 Å². The van der Waals surface area contributed by atoms with Crippen LogP contribution in [0.4, 0.5) is 5.82 Å². The Labute approximate surface area is 175 Å². The van der Waals surface area contributed by atoms with Crippen molar-refractivity contribution in [3.05, 3.63) is 46.6 Å². The predicted octanol–water partition coefficient (Wildman–Crippen LogP) is 3.31. The molecule has 0 saturated carbocycles. The third-order valence-corrected chi connectivity index (χ3v) is 5.60. The molecule has 0 spiro atoms. The van der Waals surface area contributed by atoms with Crippen LogP contribution in [-0.4, -0.2) is 60.0 Å². The first-order valence-corrected chi connectivity index (χ1v) is 10.8. The van der Waals surface area contributed by atoms with Crippen LogP contribution in [-0.2, 0) is 5.75 Å². The second kappa shape index (κ2) is 9.58. The number of hydrogen-bond donors (Lipinski definition) is 1. The Morgan fingerprint density at radius 3 is 2.50 bits per heavy atom. The summed E-state index contributed by atoms with van der Waals surface area (Å²) in [5, 5.41) is 4.03. The van der Waals surface area contributed by atoms with Crippen LogP contribution >= 0.6 is 23.4 Å². The summed E-state index contributed by atoms with van der Waals surface area (Å²) in [6, 6.07) is 9.59. The lowest BCUT2D eigenvalue weighted by Gasteiger charge is -2.33. The number of nitrogens with one attached hydrogen (secondary N) is 1. The van der Waals surface area contributed by atoms with Gasteiger partial charge in [0.1, 0.15) is 11.0 Å². The van der Waals surface area contributed by atoms with Gasteiger partial charge in [-0.25, -0.2) is 9.97 Å². The van der Waals surface area contributed by atoms with Gasteiger partial charge < -0.3 is 15.1 Å². The molecule has 28 heavy (non-hydrogen) atoms. The zero-order chi connectivity index (χ0) is 20.1. The number of carbonyl (C=O) groups excluding carboxylic acids is 1. The van der Waals surface area contributed by atoms with Crippen molar-refractivity contribution in [3.8, 4) is 0 Å². The van der Waals surface area contributed by atoms with Crippen molar-refractivity contribution in [2.24, 2.45) is 0 Å². The van der Waals surface area contributed by atoms with E-state index in [0.29, 0.717) is 21.6 Å². The van der Waals surface area contributed by atoms with E-state index in [4.69, 9.17) is 11.6 Å². The van der Waals surface area contributed by atoms with Crippen molar-refractivity contribution in [3.63, 3.8) is 0 Å². The van der Waals surface area contributed by atoms with Gasteiger partial charge in [0.25, 0.3) is 5.91 Å². The van der Waals surface area contributed by atoms with Gasteiger partial charge in [-0.15, -0.1) is 0 Å². The summed E-state index contributed by atoms with van der Waals surface area (Å²) in [5.74, 6) is 1.55. The predicted molar refractivity (Wildman–Crippen MR) is 115 cm³/mol. The molecule has 1 saturated heterocycles. The largest absolute Gasteiger partial charge is 0.354 e. The number of aromatic nitrogens is 2. The van der Waals surface area contributed by atoms with Gasteiger partial charge >= 0.3 is 0 Å². The number of amides is 1. The van der Waals surface area contributed by atoms with E-state index in [1.54, 1.807) is 11.8 Å². The summed E-state index contributed by atoms with van der Waals surface area (Å²) in [4.78, 5) is 25.6. The molecule has 0 radical (unpaired) electrons. The lowest BCUT2D eigenvalue weighted by atomic mass is 10.1. The highest BCUT2D eigenvalue weighted by Crippen LogP contribution is 2.25. The fourth-order valence-electron chi connectivity index (χ4n) is 2.89. The second-order valence-electron chi connectivity index (χ2n) is 7.24. The number of nitrogens with zero attached hydrogens (tertiary/aromatic N) is 4. The number of hydrogen-bond acceptors (Lipinski definition) is 6. The van der Waals surface area contributed by atoms with Crippen molar-refractivity contribution in [2.45, 2.75) is 30.8 Å². The minimum atomic E-state index is -0.0517. The Kier molecular flexibility index (Phi) is 7.15. The van der Waals surface area contributed by atoms with E-state index in [-0.39, 0.29) is 11.9 Å². The quantitative estimate of drug-likeness (QED) is 0.440. The summed E-state index contributed by atoms with van der Waals surface area (Å²) < 4.78 is 0. The van der Waals surface area contributed by atoms with Gasteiger partial charge in [-0.05, 0) is 38.6 Å². The Morgan fingerprint density at radius 1 is 1.18 bits per heavy atom. The molecule has 8 heteroatoms. The van der Waals surface area contributed by atoms with Gasteiger partial charge in [0, 0.05) is 49.6 Å². The Hall–Kier alpha value is -1.83. The molecule has 1 amide bonds. The topological polar surface area (TPSA) is 61.4 Å². The second-order valence-corrected chi connectivity index (χ2v) is 8.57. The number of anilines is 1. The van der Waals surface area contributed by atoms with E-state index in [9.17, 15) is 4.79 Å². The lowest BCUT2D eigenvalue weighted by Crippen LogP contribution is -2.44. The Balaban J connectivity index is 1.62. The van der Waals surface area contributed by atoms with Crippen molar-refractivity contribution in [1.82, 2.24) is 20.2 Å². The summed E-state index contributed by atoms with van der Waals surface area (Å²) in [6.07, 6.45) is 0. The van der Waals surface area contributed by atoms with Gasteiger partial charge in [-0.3, -0.25) is 4.79 Å². The maximum atomic E-state index is 12.0. The average molecular weight is 420 g/mol. The molecule has 2 aromatic rings. The molecule has 0 atom stereocenters. The number of rotatable bonds is 6. The Bertz CT molecular complexity index is 807. The first kappa shape index (κ1) is 20.9. The molecule has 6 nitrogen and oxygen atoms in total. The molecular formula is C20H26ClN5OS. The molecule has 1 fully saturated rings. The van der Waals surface area contributed by atoms with Gasteiger partial charge in [-0.2, -0.15) is 0 Å². The number of benzene rings is 1. The first-order valence-electron chi connectivity index (χ1n) is 9.41. The standard InChI is InChI=1S/C20H26ClN5OS/c1-14(2)22-19(27)16-6-4-15(5-7-16)13-28-20-23-17(21)12-18(24-20)26-10-8-25(3)9-11-26/h4-7,12,14H,8-11,13H2,1-3H3,(H,22,27). The van der Waals surface area contributed by atoms with E-state index < -0.39 is 0 Å². The molecular weight excluding hydrogens is 394 g/mol. The Morgan fingerprint density at radius 2 is 1.86 bits per heavy atom. The highest BCUT2D eigenvalue weighted by molar-refractivity contribution is 7.98. The minimum absolute atomic E-state index is 0.0517. The van der Waals surface area contributed by atoms with Gasteiger partial charge in [0.05, 0.1) is 0 Å². The number of carbonyl (C=O) groups is 1. The van der Waals surface area contributed by atoms with Crippen LogP contribution in [0.25, 0.3) is 0 Å². The maximum Gasteiger partial charge on any atom is 0.251 e. The fraction of sp³-hybridized carbons (Fsp3) is 0.450. The molecule has 150 valence electrons. The van der Waals surface area contributed by atoms with Crippen molar-refractivity contribution >= 4 is 35.1 Å². The van der Waals surface area contributed by atoms with Gasteiger partial charge in [0.15, 0.2) is 5.16 Å². The lowest BCUT2D eigenvalue weighted by molar-refractivity contribution is 0.0943. The molecule has 2 heterocycles. The number of piperazine rings is 1. The molecule has 0 unspecified atom stereocenters. The number of halogens is 1. The van der Waals surface area contributed by atoms with E-state index in [1.165, 1.54) is 0 Å². The van der Waals surface area contributed by atoms with Crippen LogP contribution < -0.4 is 10.2 Å². The fourth-order valence-corrected chi connectivity index (χ4v) is 3.93. The number of likely N-dealkylation sites (N-methyl/N-ethyl adjacent to an activating group) is 1. The molecule has 3 rings (SSSR count). The smallest absolute Gasteiger partial charge is 0.251 e. The van der Waals surface area contributed by atoms with Crippen LogP contribution in [0.3, 0.4) is 0 Å².